The number of carboxylic acids is 1. The molecule has 3 nitrogen and oxygen atoms in total. The van der Waals surface area contributed by atoms with Crippen molar-refractivity contribution in [2.75, 3.05) is 19.6 Å². The first-order valence-corrected chi connectivity index (χ1v) is 7.22. The van der Waals surface area contributed by atoms with Gasteiger partial charge in [0, 0.05) is 13.0 Å². The van der Waals surface area contributed by atoms with Crippen molar-refractivity contribution in [1.82, 2.24) is 4.90 Å². The number of aryl methyl sites for hydroxylation is 1. The largest absolute Gasteiger partial charge is 0.481 e. The van der Waals surface area contributed by atoms with E-state index in [1.165, 1.54) is 5.56 Å². The van der Waals surface area contributed by atoms with Crippen LogP contribution in [0.5, 0.6) is 0 Å². The zero-order valence-electron chi connectivity index (χ0n) is 11.4. The molecule has 1 fully saturated rings. The molecule has 1 aliphatic rings. The van der Waals surface area contributed by atoms with Crippen molar-refractivity contribution in [2.24, 2.45) is 5.92 Å². The van der Waals surface area contributed by atoms with E-state index >= 15 is 0 Å². The summed E-state index contributed by atoms with van der Waals surface area (Å²) in [5.41, 5.74) is 1.39. The van der Waals surface area contributed by atoms with Gasteiger partial charge in [-0.05, 0) is 50.3 Å². The third-order valence-corrected chi connectivity index (χ3v) is 3.85. The van der Waals surface area contributed by atoms with E-state index < -0.39 is 5.97 Å². The van der Waals surface area contributed by atoms with Gasteiger partial charge in [0.15, 0.2) is 0 Å². The summed E-state index contributed by atoms with van der Waals surface area (Å²) in [5, 5.41) is 8.86. The van der Waals surface area contributed by atoms with E-state index in [9.17, 15) is 4.79 Å². The van der Waals surface area contributed by atoms with Crippen molar-refractivity contribution in [3.63, 3.8) is 0 Å². The highest BCUT2D eigenvalue weighted by molar-refractivity contribution is 5.67. The van der Waals surface area contributed by atoms with Gasteiger partial charge in [-0.2, -0.15) is 0 Å². The molecule has 3 heteroatoms. The summed E-state index contributed by atoms with van der Waals surface area (Å²) in [7, 11) is 0. The number of hydrogen-bond acceptors (Lipinski definition) is 2. The van der Waals surface area contributed by atoms with Crippen molar-refractivity contribution in [1.29, 1.82) is 0 Å². The number of piperidine rings is 1. The second-order valence-corrected chi connectivity index (χ2v) is 5.50. The molecular weight excluding hydrogens is 238 g/mol. The third-order valence-electron chi connectivity index (χ3n) is 3.85. The number of nitrogens with zero attached hydrogens (tertiary/aromatic N) is 1. The van der Waals surface area contributed by atoms with Crippen LogP contribution in [-0.4, -0.2) is 35.6 Å². The smallest absolute Gasteiger partial charge is 0.303 e. The van der Waals surface area contributed by atoms with Crippen LogP contribution in [0.3, 0.4) is 0 Å². The van der Waals surface area contributed by atoms with Crippen molar-refractivity contribution in [3.8, 4) is 0 Å². The molecule has 0 bridgehead atoms. The quantitative estimate of drug-likeness (QED) is 0.856. The summed E-state index contributed by atoms with van der Waals surface area (Å²) in [6, 6.07) is 10.6. The predicted octanol–water partition coefficient (Wildman–Crippen LogP) is 2.81. The molecule has 0 radical (unpaired) electrons. The van der Waals surface area contributed by atoms with E-state index in [1.54, 1.807) is 0 Å². The molecule has 1 unspecified atom stereocenters. The Morgan fingerprint density at radius 3 is 2.84 bits per heavy atom. The zero-order valence-corrected chi connectivity index (χ0v) is 11.4. The van der Waals surface area contributed by atoms with E-state index in [0.717, 1.165) is 45.3 Å². The van der Waals surface area contributed by atoms with Crippen LogP contribution >= 0.6 is 0 Å². The second-order valence-electron chi connectivity index (χ2n) is 5.50. The van der Waals surface area contributed by atoms with Crippen LogP contribution in [0.25, 0.3) is 0 Å². The number of rotatable bonds is 6. The van der Waals surface area contributed by atoms with Crippen LogP contribution in [0.15, 0.2) is 30.3 Å². The fourth-order valence-electron chi connectivity index (χ4n) is 2.92. The summed E-state index contributed by atoms with van der Waals surface area (Å²) >= 11 is 0. The average molecular weight is 261 g/mol. The number of hydrogen-bond donors (Lipinski definition) is 1. The lowest BCUT2D eigenvalue weighted by molar-refractivity contribution is -0.138. The van der Waals surface area contributed by atoms with Crippen LogP contribution in [0.1, 0.15) is 31.2 Å². The molecule has 1 aliphatic heterocycles. The molecule has 0 amide bonds. The Balaban J connectivity index is 1.69. The van der Waals surface area contributed by atoms with E-state index in [4.69, 9.17) is 5.11 Å². The van der Waals surface area contributed by atoms with Gasteiger partial charge in [-0.3, -0.25) is 4.79 Å². The average Bonchev–Trinajstić information content (AvgIpc) is 2.40. The molecule has 1 aromatic rings. The highest BCUT2D eigenvalue weighted by Gasteiger charge is 2.21. The Bertz CT molecular complexity index is 391. The Hall–Kier alpha value is -1.35. The SMILES string of the molecule is O=C(O)CC1CCCN(CCCc2ccccc2)C1. The van der Waals surface area contributed by atoms with Gasteiger partial charge in [0.2, 0.25) is 0 Å². The number of carboxylic acid groups (broad SMARTS) is 1. The Kier molecular flexibility index (Phi) is 5.40. The molecule has 1 saturated heterocycles. The van der Waals surface area contributed by atoms with Crippen LogP contribution in [0, 0.1) is 5.92 Å². The first-order valence-electron chi connectivity index (χ1n) is 7.22. The normalized spacial score (nSPS) is 20.3. The maximum atomic E-state index is 10.8. The van der Waals surface area contributed by atoms with Crippen LogP contribution < -0.4 is 0 Å². The lowest BCUT2D eigenvalue weighted by atomic mass is 9.94. The topological polar surface area (TPSA) is 40.5 Å². The molecule has 0 spiro atoms. The summed E-state index contributed by atoms with van der Waals surface area (Å²) in [6.07, 6.45) is 4.81. The van der Waals surface area contributed by atoms with Gasteiger partial charge in [-0.25, -0.2) is 0 Å². The molecule has 0 aromatic heterocycles. The number of carbonyl (C=O) groups is 1. The second kappa shape index (κ2) is 7.29. The first kappa shape index (κ1) is 14.1. The van der Waals surface area contributed by atoms with Crippen molar-refractivity contribution in [3.05, 3.63) is 35.9 Å². The highest BCUT2D eigenvalue weighted by atomic mass is 16.4. The summed E-state index contributed by atoms with van der Waals surface area (Å²) in [5.74, 6) is -0.306. The Labute approximate surface area is 115 Å². The molecule has 1 aromatic carbocycles. The van der Waals surface area contributed by atoms with Gasteiger partial charge in [-0.15, -0.1) is 0 Å². The lowest BCUT2D eigenvalue weighted by Gasteiger charge is -2.32. The maximum Gasteiger partial charge on any atom is 0.303 e. The number of likely N-dealkylation sites (tertiary alicyclic amines) is 1. The highest BCUT2D eigenvalue weighted by Crippen LogP contribution is 2.19. The summed E-state index contributed by atoms with van der Waals surface area (Å²) in [6.45, 7) is 3.18. The van der Waals surface area contributed by atoms with Gasteiger partial charge < -0.3 is 10.0 Å². The van der Waals surface area contributed by atoms with Crippen molar-refractivity contribution < 1.29 is 9.90 Å². The van der Waals surface area contributed by atoms with Gasteiger partial charge in [-0.1, -0.05) is 30.3 Å². The van der Waals surface area contributed by atoms with E-state index in [1.807, 2.05) is 6.07 Å². The Morgan fingerprint density at radius 2 is 2.11 bits per heavy atom. The van der Waals surface area contributed by atoms with Crippen LogP contribution in [0.2, 0.25) is 0 Å². The van der Waals surface area contributed by atoms with Crippen LogP contribution in [0.4, 0.5) is 0 Å². The number of benzene rings is 1. The van der Waals surface area contributed by atoms with Gasteiger partial charge >= 0.3 is 5.97 Å². The monoisotopic (exact) mass is 261 g/mol. The first-order chi connectivity index (χ1) is 9.24. The molecule has 1 heterocycles. The number of aliphatic carboxylic acids is 1. The standard InChI is InChI=1S/C16H23NO2/c18-16(19)12-15-9-5-11-17(13-15)10-4-8-14-6-2-1-3-7-14/h1-3,6-7,15H,4-5,8-13H2,(H,18,19). The molecule has 2 rings (SSSR count). The zero-order chi connectivity index (χ0) is 13.5. The minimum absolute atomic E-state index is 0.329. The lowest BCUT2D eigenvalue weighted by Crippen LogP contribution is -2.37. The van der Waals surface area contributed by atoms with Gasteiger partial charge in [0.25, 0.3) is 0 Å². The van der Waals surface area contributed by atoms with Crippen LogP contribution in [-0.2, 0) is 11.2 Å². The minimum atomic E-state index is -0.656. The Morgan fingerprint density at radius 1 is 1.32 bits per heavy atom. The molecule has 0 aliphatic carbocycles. The van der Waals surface area contributed by atoms with Gasteiger partial charge in [0.05, 0.1) is 0 Å². The minimum Gasteiger partial charge on any atom is -0.481 e. The molecule has 104 valence electrons. The van der Waals surface area contributed by atoms with E-state index in [0.29, 0.717) is 12.3 Å². The summed E-state index contributed by atoms with van der Waals surface area (Å²) < 4.78 is 0. The third kappa shape index (κ3) is 5.03. The molecular formula is C16H23NO2. The molecule has 1 atom stereocenters. The summed E-state index contributed by atoms with van der Waals surface area (Å²) in [4.78, 5) is 13.2. The van der Waals surface area contributed by atoms with E-state index in [2.05, 4.69) is 29.2 Å². The van der Waals surface area contributed by atoms with E-state index in [-0.39, 0.29) is 0 Å². The predicted molar refractivity (Wildman–Crippen MR) is 76.2 cm³/mol. The van der Waals surface area contributed by atoms with Crippen molar-refractivity contribution in [2.45, 2.75) is 32.1 Å². The maximum absolute atomic E-state index is 10.8. The molecule has 19 heavy (non-hydrogen) atoms. The fraction of sp³-hybridized carbons (Fsp3) is 0.562. The van der Waals surface area contributed by atoms with Gasteiger partial charge in [0.1, 0.15) is 0 Å². The fourth-order valence-corrected chi connectivity index (χ4v) is 2.92. The van der Waals surface area contributed by atoms with Crippen molar-refractivity contribution >= 4 is 5.97 Å². The molecule has 0 saturated carbocycles. The molecule has 1 N–H and O–H groups in total.